The number of hydrogen-bond donors (Lipinski definition) is 1. The number of benzene rings is 1. The number of aromatic hydroxyl groups is 1. The summed E-state index contributed by atoms with van der Waals surface area (Å²) < 4.78 is 0. The van der Waals surface area contributed by atoms with Crippen LogP contribution >= 0.6 is 34.8 Å². The molecule has 0 spiro atoms. The van der Waals surface area contributed by atoms with Gasteiger partial charge in [0.1, 0.15) is 10.8 Å². The van der Waals surface area contributed by atoms with E-state index in [0.717, 1.165) is 0 Å². The van der Waals surface area contributed by atoms with E-state index in [1.807, 2.05) is 0 Å². The molecule has 0 unspecified atom stereocenters. The lowest BCUT2D eigenvalue weighted by molar-refractivity contribution is -0.270. The van der Waals surface area contributed by atoms with Crippen LogP contribution in [0, 0.1) is 0 Å². The molecule has 0 aliphatic carbocycles. The highest BCUT2D eigenvalue weighted by atomic mass is 35.5. The van der Waals surface area contributed by atoms with Crippen LogP contribution in [-0.4, -0.2) is 5.11 Å². The SMILES string of the molecule is [O-]c1c(Cl)cc(Cl)c(Cl)c1O. The molecular weight excluding hydrogens is 210 g/mol. The summed E-state index contributed by atoms with van der Waals surface area (Å²) in [5, 5.41) is 19.5. The molecule has 0 aliphatic heterocycles. The van der Waals surface area contributed by atoms with Crippen molar-refractivity contribution in [2.45, 2.75) is 0 Å². The smallest absolute Gasteiger partial charge is 0.129 e. The summed E-state index contributed by atoms with van der Waals surface area (Å²) in [6, 6.07) is 1.19. The van der Waals surface area contributed by atoms with Crippen LogP contribution in [0.1, 0.15) is 0 Å². The van der Waals surface area contributed by atoms with Crippen molar-refractivity contribution in [1.29, 1.82) is 0 Å². The van der Waals surface area contributed by atoms with Crippen molar-refractivity contribution < 1.29 is 10.2 Å². The lowest BCUT2D eigenvalue weighted by atomic mass is 10.3. The van der Waals surface area contributed by atoms with E-state index in [0.29, 0.717) is 0 Å². The van der Waals surface area contributed by atoms with E-state index in [9.17, 15) is 5.11 Å². The molecule has 1 aromatic rings. The molecule has 0 aromatic heterocycles. The van der Waals surface area contributed by atoms with Gasteiger partial charge in [0.25, 0.3) is 0 Å². The second-order valence-corrected chi connectivity index (χ2v) is 3.02. The summed E-state index contributed by atoms with van der Waals surface area (Å²) in [4.78, 5) is 0. The number of hydrogen-bond acceptors (Lipinski definition) is 2. The van der Waals surface area contributed by atoms with Crippen molar-refractivity contribution in [3.63, 3.8) is 0 Å². The van der Waals surface area contributed by atoms with E-state index in [2.05, 4.69) is 0 Å². The zero-order chi connectivity index (χ0) is 8.59. The molecule has 0 saturated heterocycles. The fourth-order valence-corrected chi connectivity index (χ4v) is 1.16. The number of halogens is 3. The van der Waals surface area contributed by atoms with Crippen molar-refractivity contribution in [1.82, 2.24) is 0 Å². The molecule has 5 heteroatoms. The molecular formula is C6H2Cl3O2-. The van der Waals surface area contributed by atoms with Gasteiger partial charge >= 0.3 is 0 Å². The molecule has 2 nitrogen and oxygen atoms in total. The van der Waals surface area contributed by atoms with E-state index < -0.39 is 11.5 Å². The molecule has 0 radical (unpaired) electrons. The van der Waals surface area contributed by atoms with Gasteiger partial charge in [-0.3, -0.25) is 0 Å². The van der Waals surface area contributed by atoms with Gasteiger partial charge in [-0.25, -0.2) is 0 Å². The molecule has 11 heavy (non-hydrogen) atoms. The summed E-state index contributed by atoms with van der Waals surface area (Å²) in [5.74, 6) is -1.31. The van der Waals surface area contributed by atoms with Crippen LogP contribution in [0.3, 0.4) is 0 Å². The average molecular weight is 212 g/mol. The summed E-state index contributed by atoms with van der Waals surface area (Å²) in [7, 11) is 0. The zero-order valence-electron chi connectivity index (χ0n) is 5.07. The van der Waals surface area contributed by atoms with Gasteiger partial charge in [0, 0.05) is 5.02 Å². The van der Waals surface area contributed by atoms with Crippen LogP contribution in [0.15, 0.2) is 6.07 Å². The third-order valence-corrected chi connectivity index (χ3v) is 2.16. The van der Waals surface area contributed by atoms with Gasteiger partial charge in [0.2, 0.25) is 0 Å². The van der Waals surface area contributed by atoms with Crippen LogP contribution in [-0.2, 0) is 0 Å². The number of rotatable bonds is 0. The van der Waals surface area contributed by atoms with E-state index in [-0.39, 0.29) is 15.1 Å². The molecule has 1 rings (SSSR count). The summed E-state index contributed by atoms with van der Waals surface area (Å²) >= 11 is 16.3. The highest BCUT2D eigenvalue weighted by molar-refractivity contribution is 6.44. The predicted molar refractivity (Wildman–Crippen MR) is 42.6 cm³/mol. The first-order valence-electron chi connectivity index (χ1n) is 2.57. The Morgan fingerprint density at radius 1 is 1.18 bits per heavy atom. The maximum Gasteiger partial charge on any atom is 0.129 e. The number of phenolic OH excluding ortho intramolecular Hbond substituents is 1. The average Bonchev–Trinajstić information content (AvgIpc) is 1.97. The topological polar surface area (TPSA) is 43.3 Å². The van der Waals surface area contributed by atoms with Crippen LogP contribution in [0.5, 0.6) is 11.5 Å². The Balaban J connectivity index is 3.46. The minimum Gasteiger partial charge on any atom is -0.869 e. The molecule has 0 saturated carbocycles. The Labute approximate surface area is 77.9 Å². The highest BCUT2D eigenvalue weighted by Gasteiger charge is 2.06. The van der Waals surface area contributed by atoms with Gasteiger partial charge < -0.3 is 10.2 Å². The fourth-order valence-electron chi connectivity index (χ4n) is 0.566. The minimum absolute atomic E-state index is 0.0637. The van der Waals surface area contributed by atoms with Gasteiger partial charge in [-0.05, 0) is 11.8 Å². The minimum atomic E-state index is -0.707. The Morgan fingerprint density at radius 3 is 2.27 bits per heavy atom. The molecule has 0 bridgehead atoms. The zero-order valence-corrected chi connectivity index (χ0v) is 7.33. The van der Waals surface area contributed by atoms with E-state index in [1.54, 1.807) is 0 Å². The van der Waals surface area contributed by atoms with E-state index in [4.69, 9.17) is 39.9 Å². The Bertz CT molecular complexity index is 272. The second-order valence-electron chi connectivity index (χ2n) is 1.83. The van der Waals surface area contributed by atoms with Gasteiger partial charge in [-0.1, -0.05) is 34.8 Å². The fraction of sp³-hybridized carbons (Fsp3) is 0. The molecule has 1 N–H and O–H groups in total. The van der Waals surface area contributed by atoms with Crippen LogP contribution in [0.4, 0.5) is 0 Å². The van der Waals surface area contributed by atoms with Crippen LogP contribution in [0.2, 0.25) is 15.1 Å². The number of phenols is 1. The highest BCUT2D eigenvalue weighted by Crippen LogP contribution is 2.41. The predicted octanol–water partition coefficient (Wildman–Crippen LogP) is 2.43. The molecule has 0 atom stereocenters. The third kappa shape index (κ3) is 1.48. The van der Waals surface area contributed by atoms with Gasteiger partial charge in [0.05, 0.1) is 5.02 Å². The second kappa shape index (κ2) is 2.97. The lowest BCUT2D eigenvalue weighted by Gasteiger charge is -2.12. The maximum absolute atomic E-state index is 10.8. The Hall–Kier alpha value is -0.310. The Morgan fingerprint density at radius 2 is 1.73 bits per heavy atom. The largest absolute Gasteiger partial charge is 0.869 e. The van der Waals surface area contributed by atoms with E-state index in [1.165, 1.54) is 6.07 Å². The van der Waals surface area contributed by atoms with Crippen molar-refractivity contribution in [2.24, 2.45) is 0 Å². The summed E-state index contributed by atoms with van der Waals surface area (Å²) in [6.07, 6.45) is 0. The molecule has 0 aliphatic rings. The van der Waals surface area contributed by atoms with Crippen LogP contribution < -0.4 is 5.11 Å². The monoisotopic (exact) mass is 211 g/mol. The summed E-state index contributed by atoms with van der Waals surface area (Å²) in [6.45, 7) is 0. The normalized spacial score (nSPS) is 10.1. The summed E-state index contributed by atoms with van der Waals surface area (Å²) in [5.41, 5.74) is 0. The van der Waals surface area contributed by atoms with Crippen molar-refractivity contribution >= 4 is 34.8 Å². The van der Waals surface area contributed by atoms with E-state index >= 15 is 0 Å². The van der Waals surface area contributed by atoms with Crippen molar-refractivity contribution in [3.05, 3.63) is 21.1 Å². The van der Waals surface area contributed by atoms with Crippen molar-refractivity contribution in [2.75, 3.05) is 0 Å². The van der Waals surface area contributed by atoms with Crippen molar-refractivity contribution in [3.8, 4) is 11.5 Å². The van der Waals surface area contributed by atoms with Gasteiger partial charge in [-0.15, -0.1) is 0 Å². The lowest BCUT2D eigenvalue weighted by Crippen LogP contribution is -1.91. The molecule has 1 aromatic carbocycles. The first-order valence-corrected chi connectivity index (χ1v) is 3.71. The molecule has 0 amide bonds. The molecule has 0 fully saturated rings. The van der Waals surface area contributed by atoms with Crippen LogP contribution in [0.25, 0.3) is 0 Å². The quantitative estimate of drug-likeness (QED) is 0.671. The Kier molecular flexibility index (Phi) is 2.37. The first-order chi connectivity index (χ1) is 5.04. The standard InChI is InChI=1S/C6H3Cl3O2/c7-2-1-3(8)5(10)6(11)4(2)9/h1,10-11H/p-1. The van der Waals surface area contributed by atoms with Gasteiger partial charge in [-0.2, -0.15) is 0 Å². The third-order valence-electron chi connectivity index (χ3n) is 1.10. The maximum atomic E-state index is 10.8. The molecule has 0 heterocycles. The van der Waals surface area contributed by atoms with Gasteiger partial charge in [0.15, 0.2) is 0 Å². The first kappa shape index (κ1) is 8.78. The molecule has 60 valence electrons.